The topological polar surface area (TPSA) is 104 Å². The van der Waals surface area contributed by atoms with E-state index in [1.807, 2.05) is 32.2 Å². The number of carbonyl (C=O) groups excluding carboxylic acids is 1. The van der Waals surface area contributed by atoms with Gasteiger partial charge in [0.25, 0.3) is 0 Å². The number of nitrogens with zero attached hydrogens (tertiary/aromatic N) is 6. The highest BCUT2D eigenvalue weighted by Gasteiger charge is 2.20. The highest BCUT2D eigenvalue weighted by atomic mass is 16.4. The van der Waals surface area contributed by atoms with Crippen LogP contribution in [-0.2, 0) is 6.54 Å². The second-order valence-corrected chi connectivity index (χ2v) is 7.12. The van der Waals surface area contributed by atoms with Crippen LogP contribution < -0.4 is 15.5 Å². The molecule has 2 N–H and O–H groups in total. The molecule has 3 aromatic heterocycles. The van der Waals surface area contributed by atoms with Crippen LogP contribution in [0, 0.1) is 6.92 Å². The Morgan fingerprint density at radius 1 is 1.20 bits per heavy atom. The summed E-state index contributed by atoms with van der Waals surface area (Å²) in [5.41, 5.74) is 2.95. The third-order valence-corrected chi connectivity index (χ3v) is 4.99. The van der Waals surface area contributed by atoms with Crippen molar-refractivity contribution in [2.45, 2.75) is 20.4 Å². The first kappa shape index (κ1) is 19.9. The van der Waals surface area contributed by atoms with E-state index in [0.29, 0.717) is 13.1 Å². The standard InChI is InChI=1S/C20H26N8O2/c1-3-21-19(29)25-20-24-16(14-30-20)13-26-9-11-27(12-10-26)17-5-6-18(23-15(17)2)28-8-4-7-22-28/h4-8,14H,3,9-13H2,1-2H3,(H2,21,24,25,29). The number of amides is 2. The Labute approximate surface area is 174 Å². The van der Waals surface area contributed by atoms with Gasteiger partial charge in [0.05, 0.1) is 17.1 Å². The predicted molar refractivity (Wildman–Crippen MR) is 113 cm³/mol. The van der Waals surface area contributed by atoms with E-state index in [4.69, 9.17) is 9.40 Å². The van der Waals surface area contributed by atoms with Gasteiger partial charge in [-0.05, 0) is 32.0 Å². The molecule has 10 nitrogen and oxygen atoms in total. The zero-order valence-corrected chi connectivity index (χ0v) is 17.2. The zero-order valence-electron chi connectivity index (χ0n) is 17.2. The summed E-state index contributed by atoms with van der Waals surface area (Å²) in [6.07, 6.45) is 5.23. The number of rotatable bonds is 6. The smallest absolute Gasteiger partial charge is 0.322 e. The average molecular weight is 410 g/mol. The van der Waals surface area contributed by atoms with Crippen molar-refractivity contribution < 1.29 is 9.21 Å². The van der Waals surface area contributed by atoms with Crippen LogP contribution in [0.25, 0.3) is 5.82 Å². The van der Waals surface area contributed by atoms with Crippen molar-refractivity contribution in [1.82, 2.24) is 30.0 Å². The molecule has 0 unspecified atom stereocenters. The summed E-state index contributed by atoms with van der Waals surface area (Å²) in [4.78, 5) is 25.3. The fourth-order valence-electron chi connectivity index (χ4n) is 3.52. The number of carbonyl (C=O) groups is 1. The maximum atomic E-state index is 11.5. The highest BCUT2D eigenvalue weighted by Crippen LogP contribution is 2.22. The number of pyridine rings is 1. The van der Waals surface area contributed by atoms with Crippen LogP contribution in [0.1, 0.15) is 18.3 Å². The molecule has 30 heavy (non-hydrogen) atoms. The van der Waals surface area contributed by atoms with Gasteiger partial charge in [0, 0.05) is 51.7 Å². The van der Waals surface area contributed by atoms with Crippen LogP contribution in [0.5, 0.6) is 0 Å². The average Bonchev–Trinajstić information content (AvgIpc) is 3.41. The molecule has 0 saturated carbocycles. The lowest BCUT2D eigenvalue weighted by Gasteiger charge is -2.36. The van der Waals surface area contributed by atoms with Gasteiger partial charge in [0.2, 0.25) is 0 Å². The van der Waals surface area contributed by atoms with Gasteiger partial charge in [0.15, 0.2) is 5.82 Å². The van der Waals surface area contributed by atoms with Crippen LogP contribution in [0.15, 0.2) is 41.3 Å². The molecule has 1 saturated heterocycles. The molecule has 1 aliphatic rings. The molecule has 158 valence electrons. The van der Waals surface area contributed by atoms with Gasteiger partial charge in [-0.2, -0.15) is 10.1 Å². The molecule has 1 fully saturated rings. The lowest BCUT2D eigenvalue weighted by molar-refractivity contribution is 0.247. The van der Waals surface area contributed by atoms with Crippen molar-refractivity contribution in [2.24, 2.45) is 0 Å². The molecule has 0 radical (unpaired) electrons. The Bertz CT molecular complexity index is 977. The predicted octanol–water partition coefficient (Wildman–Crippen LogP) is 2.03. The molecule has 3 aromatic rings. The minimum Gasteiger partial charge on any atom is -0.432 e. The second kappa shape index (κ2) is 8.95. The minimum atomic E-state index is -0.318. The summed E-state index contributed by atoms with van der Waals surface area (Å²) in [7, 11) is 0. The number of aryl methyl sites for hydroxylation is 1. The summed E-state index contributed by atoms with van der Waals surface area (Å²) in [5.74, 6) is 0.822. The molecule has 2 amide bonds. The third-order valence-electron chi connectivity index (χ3n) is 4.99. The van der Waals surface area contributed by atoms with E-state index in [9.17, 15) is 4.79 Å². The van der Waals surface area contributed by atoms with Crippen LogP contribution in [-0.4, -0.2) is 63.4 Å². The summed E-state index contributed by atoms with van der Waals surface area (Å²) in [6, 6.07) is 5.90. The number of hydrogen-bond donors (Lipinski definition) is 2. The SMILES string of the molecule is CCNC(=O)Nc1nc(CN2CCN(c3ccc(-n4cccn4)nc3C)CC2)co1. The van der Waals surface area contributed by atoms with E-state index in [2.05, 4.69) is 36.6 Å². The molecule has 4 heterocycles. The van der Waals surface area contributed by atoms with Crippen LogP contribution in [0.2, 0.25) is 0 Å². The molecule has 0 spiro atoms. The van der Waals surface area contributed by atoms with Crippen LogP contribution in [0.4, 0.5) is 16.5 Å². The fourth-order valence-corrected chi connectivity index (χ4v) is 3.52. The number of aromatic nitrogens is 4. The molecule has 4 rings (SSSR count). The maximum absolute atomic E-state index is 11.5. The molecule has 0 atom stereocenters. The fraction of sp³-hybridized carbons (Fsp3) is 0.400. The third kappa shape index (κ3) is 4.60. The summed E-state index contributed by atoms with van der Waals surface area (Å²) in [6.45, 7) is 8.75. The van der Waals surface area contributed by atoms with E-state index in [-0.39, 0.29) is 12.0 Å². The second-order valence-electron chi connectivity index (χ2n) is 7.12. The van der Waals surface area contributed by atoms with E-state index in [0.717, 1.165) is 49.1 Å². The summed E-state index contributed by atoms with van der Waals surface area (Å²) in [5, 5.41) is 9.47. The molecule has 10 heteroatoms. The number of piperazine rings is 1. The quantitative estimate of drug-likeness (QED) is 0.641. The van der Waals surface area contributed by atoms with Crippen LogP contribution >= 0.6 is 0 Å². The number of urea groups is 1. The van der Waals surface area contributed by atoms with Gasteiger partial charge in [-0.25, -0.2) is 14.5 Å². The van der Waals surface area contributed by atoms with Gasteiger partial charge in [-0.1, -0.05) is 0 Å². The first-order valence-electron chi connectivity index (χ1n) is 10.1. The van der Waals surface area contributed by atoms with Gasteiger partial charge in [0.1, 0.15) is 6.26 Å². The van der Waals surface area contributed by atoms with Gasteiger partial charge < -0.3 is 14.6 Å². The molecule has 0 bridgehead atoms. The highest BCUT2D eigenvalue weighted by molar-refractivity contribution is 5.86. The van der Waals surface area contributed by atoms with Crippen molar-refractivity contribution >= 4 is 17.7 Å². The largest absolute Gasteiger partial charge is 0.432 e. The van der Waals surface area contributed by atoms with E-state index >= 15 is 0 Å². The normalized spacial score (nSPS) is 14.7. The van der Waals surface area contributed by atoms with Gasteiger partial charge >= 0.3 is 12.0 Å². The first-order chi connectivity index (χ1) is 14.6. The van der Waals surface area contributed by atoms with Crippen molar-refractivity contribution in [2.75, 3.05) is 42.9 Å². The first-order valence-corrected chi connectivity index (χ1v) is 10.1. The monoisotopic (exact) mass is 410 g/mol. The number of anilines is 2. The van der Waals surface area contributed by atoms with Gasteiger partial charge in [-0.15, -0.1) is 0 Å². The Morgan fingerprint density at radius 2 is 2.03 bits per heavy atom. The Kier molecular flexibility index (Phi) is 5.94. The van der Waals surface area contributed by atoms with Crippen LogP contribution in [0.3, 0.4) is 0 Å². The van der Waals surface area contributed by atoms with Crippen molar-refractivity contribution in [1.29, 1.82) is 0 Å². The molecular formula is C20H26N8O2. The zero-order chi connectivity index (χ0) is 20.9. The van der Waals surface area contributed by atoms with Crippen molar-refractivity contribution in [3.8, 4) is 5.82 Å². The molecule has 0 aliphatic carbocycles. The van der Waals surface area contributed by atoms with E-state index in [1.165, 1.54) is 0 Å². The summed E-state index contributed by atoms with van der Waals surface area (Å²) >= 11 is 0. The number of nitrogens with one attached hydrogen (secondary N) is 2. The number of oxazole rings is 1. The van der Waals surface area contributed by atoms with Crippen molar-refractivity contribution in [3.05, 3.63) is 48.2 Å². The Morgan fingerprint density at radius 3 is 2.73 bits per heavy atom. The van der Waals surface area contributed by atoms with E-state index in [1.54, 1.807) is 17.1 Å². The van der Waals surface area contributed by atoms with Crippen molar-refractivity contribution in [3.63, 3.8) is 0 Å². The maximum Gasteiger partial charge on any atom is 0.322 e. The molecule has 0 aromatic carbocycles. The molecular weight excluding hydrogens is 384 g/mol. The lowest BCUT2D eigenvalue weighted by Crippen LogP contribution is -2.46. The van der Waals surface area contributed by atoms with Gasteiger partial charge in [-0.3, -0.25) is 10.2 Å². The van der Waals surface area contributed by atoms with E-state index < -0.39 is 0 Å². The number of hydrogen-bond acceptors (Lipinski definition) is 7. The Hall–Kier alpha value is -3.40. The minimum absolute atomic E-state index is 0.216. The lowest BCUT2D eigenvalue weighted by atomic mass is 10.2. The Balaban J connectivity index is 1.31. The molecule has 1 aliphatic heterocycles. The summed E-state index contributed by atoms with van der Waals surface area (Å²) < 4.78 is 7.10.